The number of hydrogen-bond acceptors (Lipinski definition) is 4. The summed E-state index contributed by atoms with van der Waals surface area (Å²) in [6, 6.07) is 11.9. The van der Waals surface area contributed by atoms with E-state index >= 15 is 0 Å². The Morgan fingerprint density at radius 2 is 2.27 bits per heavy atom. The first-order valence-corrected chi connectivity index (χ1v) is 8.42. The van der Waals surface area contributed by atoms with E-state index in [-0.39, 0.29) is 18.0 Å². The molecule has 116 valence electrons. The number of hydrogen-bond donors (Lipinski definition) is 3. The molecule has 1 aliphatic heterocycles. The van der Waals surface area contributed by atoms with E-state index in [1.807, 2.05) is 30.3 Å². The molecule has 1 aromatic heterocycles. The molecule has 0 spiro atoms. The fourth-order valence-electron chi connectivity index (χ4n) is 2.58. The summed E-state index contributed by atoms with van der Waals surface area (Å²) in [4.78, 5) is 13.2. The molecule has 0 radical (unpaired) electrons. The van der Waals surface area contributed by atoms with Crippen LogP contribution in [0.5, 0.6) is 0 Å². The van der Waals surface area contributed by atoms with Gasteiger partial charge in [0.1, 0.15) is 0 Å². The zero-order valence-electron chi connectivity index (χ0n) is 12.0. The average molecular weight is 336 g/mol. The summed E-state index contributed by atoms with van der Waals surface area (Å²) >= 11 is 7.53. The van der Waals surface area contributed by atoms with Gasteiger partial charge in [-0.15, -0.1) is 11.3 Å². The zero-order valence-corrected chi connectivity index (χ0v) is 13.6. The Morgan fingerprint density at radius 3 is 2.95 bits per heavy atom. The van der Waals surface area contributed by atoms with Crippen molar-refractivity contribution in [2.75, 3.05) is 6.54 Å². The second kappa shape index (κ2) is 6.79. The highest BCUT2D eigenvalue weighted by atomic mass is 35.5. The molecule has 0 saturated carbocycles. The van der Waals surface area contributed by atoms with E-state index in [2.05, 4.69) is 16.7 Å². The molecule has 2 heterocycles. The minimum Gasteiger partial charge on any atom is -0.351 e. The van der Waals surface area contributed by atoms with Crippen molar-refractivity contribution in [1.29, 1.82) is 0 Å². The smallest absolute Gasteiger partial charge is 0.237 e. The van der Waals surface area contributed by atoms with Crippen LogP contribution in [-0.4, -0.2) is 24.5 Å². The van der Waals surface area contributed by atoms with Gasteiger partial charge in [0, 0.05) is 24.0 Å². The molecule has 0 aliphatic carbocycles. The summed E-state index contributed by atoms with van der Waals surface area (Å²) in [7, 11) is 0. The van der Waals surface area contributed by atoms with E-state index < -0.39 is 0 Å². The van der Waals surface area contributed by atoms with Gasteiger partial charge < -0.3 is 16.4 Å². The van der Waals surface area contributed by atoms with Gasteiger partial charge in [-0.05, 0) is 35.7 Å². The van der Waals surface area contributed by atoms with Crippen molar-refractivity contribution in [2.45, 2.75) is 25.0 Å². The summed E-state index contributed by atoms with van der Waals surface area (Å²) < 4.78 is 0.775. The minimum absolute atomic E-state index is 0.0116. The average Bonchev–Trinajstić information content (AvgIpc) is 3.14. The van der Waals surface area contributed by atoms with Gasteiger partial charge in [0.25, 0.3) is 0 Å². The molecular formula is C16H18ClN3OS. The van der Waals surface area contributed by atoms with Gasteiger partial charge in [0.05, 0.1) is 10.4 Å². The molecule has 2 atom stereocenters. The van der Waals surface area contributed by atoms with E-state index in [4.69, 9.17) is 17.3 Å². The van der Waals surface area contributed by atoms with Crippen LogP contribution in [0.25, 0.3) is 10.4 Å². The number of nitrogens with one attached hydrogen (secondary N) is 2. The second-order valence-electron chi connectivity index (χ2n) is 5.48. The highest BCUT2D eigenvalue weighted by Crippen LogP contribution is 2.31. The van der Waals surface area contributed by atoms with E-state index in [0.29, 0.717) is 19.5 Å². The van der Waals surface area contributed by atoms with Crippen LogP contribution in [0.3, 0.4) is 0 Å². The third kappa shape index (κ3) is 3.67. The number of nitrogens with two attached hydrogens (primary N) is 1. The fraction of sp³-hybridized carbons (Fsp3) is 0.312. The van der Waals surface area contributed by atoms with Crippen molar-refractivity contribution >= 4 is 28.8 Å². The van der Waals surface area contributed by atoms with Crippen molar-refractivity contribution in [3.8, 4) is 10.4 Å². The summed E-state index contributed by atoms with van der Waals surface area (Å²) in [5.74, 6) is 0.0116. The molecule has 0 unspecified atom stereocenters. The SMILES string of the molecule is N[C@@H]1CN[C@H](C(=O)NCc2cccc(-c3ccc(Cl)s3)c2)C1. The summed E-state index contributed by atoms with van der Waals surface area (Å²) in [6.45, 7) is 1.21. The van der Waals surface area contributed by atoms with Crippen molar-refractivity contribution in [2.24, 2.45) is 5.73 Å². The van der Waals surface area contributed by atoms with Crippen molar-refractivity contribution in [1.82, 2.24) is 10.6 Å². The lowest BCUT2D eigenvalue weighted by molar-refractivity contribution is -0.122. The molecule has 1 aromatic carbocycles. The van der Waals surface area contributed by atoms with Crippen molar-refractivity contribution in [3.05, 3.63) is 46.3 Å². The summed E-state index contributed by atoms with van der Waals surface area (Å²) in [5.41, 5.74) is 7.99. The lowest BCUT2D eigenvalue weighted by Crippen LogP contribution is -2.40. The van der Waals surface area contributed by atoms with E-state index in [0.717, 1.165) is 20.3 Å². The zero-order chi connectivity index (χ0) is 15.5. The molecule has 1 aliphatic rings. The number of carbonyl (C=O) groups excluding carboxylic acids is 1. The predicted molar refractivity (Wildman–Crippen MR) is 91.0 cm³/mol. The lowest BCUT2D eigenvalue weighted by Gasteiger charge is -2.11. The number of halogens is 1. The second-order valence-corrected chi connectivity index (χ2v) is 7.19. The summed E-state index contributed by atoms with van der Waals surface area (Å²) in [6.07, 6.45) is 0.694. The lowest BCUT2D eigenvalue weighted by atomic mass is 10.1. The van der Waals surface area contributed by atoms with Gasteiger partial charge in [-0.25, -0.2) is 0 Å². The highest BCUT2D eigenvalue weighted by molar-refractivity contribution is 7.19. The number of thiophene rings is 1. The number of benzene rings is 1. The Bertz CT molecular complexity index is 673. The largest absolute Gasteiger partial charge is 0.351 e. The van der Waals surface area contributed by atoms with Crippen molar-refractivity contribution < 1.29 is 4.79 Å². The third-order valence-corrected chi connectivity index (χ3v) is 5.01. The predicted octanol–water partition coefficient (Wildman–Crippen LogP) is 2.37. The topological polar surface area (TPSA) is 67.1 Å². The Morgan fingerprint density at radius 1 is 1.41 bits per heavy atom. The van der Waals surface area contributed by atoms with E-state index in [1.165, 1.54) is 0 Å². The maximum Gasteiger partial charge on any atom is 0.237 e. The molecule has 4 N–H and O–H groups in total. The van der Waals surface area contributed by atoms with Crippen molar-refractivity contribution in [3.63, 3.8) is 0 Å². The van der Waals surface area contributed by atoms with E-state index in [9.17, 15) is 4.79 Å². The minimum atomic E-state index is -0.172. The maximum absolute atomic E-state index is 12.1. The Balaban J connectivity index is 1.62. The first kappa shape index (κ1) is 15.5. The normalized spacial score (nSPS) is 21.0. The van der Waals surface area contributed by atoms with Gasteiger partial charge >= 0.3 is 0 Å². The molecule has 1 saturated heterocycles. The van der Waals surface area contributed by atoms with E-state index in [1.54, 1.807) is 11.3 Å². The van der Waals surface area contributed by atoms with Crippen LogP contribution in [-0.2, 0) is 11.3 Å². The Hall–Kier alpha value is -1.40. The van der Waals surface area contributed by atoms with Crippen LogP contribution in [0.2, 0.25) is 4.34 Å². The number of amides is 1. The number of rotatable bonds is 4. The molecule has 1 amide bonds. The molecule has 22 heavy (non-hydrogen) atoms. The fourth-order valence-corrected chi connectivity index (χ4v) is 3.62. The van der Waals surface area contributed by atoms with Gasteiger partial charge in [-0.1, -0.05) is 29.8 Å². The van der Waals surface area contributed by atoms with Gasteiger partial charge in [-0.2, -0.15) is 0 Å². The molecule has 2 aromatic rings. The standard InChI is InChI=1S/C16H18ClN3OS/c17-15-5-4-14(22-15)11-3-1-2-10(6-11)8-20-16(21)13-7-12(18)9-19-13/h1-6,12-13,19H,7-9,18H2,(H,20,21)/t12-,13-/m0/s1. The monoisotopic (exact) mass is 335 g/mol. The molecule has 1 fully saturated rings. The third-order valence-electron chi connectivity index (χ3n) is 3.73. The number of carbonyl (C=O) groups is 1. The summed E-state index contributed by atoms with van der Waals surface area (Å²) in [5, 5.41) is 6.10. The Labute approximate surface area is 138 Å². The van der Waals surface area contributed by atoms with Crippen LogP contribution in [0, 0.1) is 0 Å². The maximum atomic E-state index is 12.1. The Kier molecular flexibility index (Phi) is 4.78. The van der Waals surface area contributed by atoms with Crippen LogP contribution < -0.4 is 16.4 Å². The molecule has 0 bridgehead atoms. The van der Waals surface area contributed by atoms with Crippen LogP contribution in [0.15, 0.2) is 36.4 Å². The van der Waals surface area contributed by atoms with Crippen LogP contribution >= 0.6 is 22.9 Å². The first-order chi connectivity index (χ1) is 10.6. The molecule has 3 rings (SSSR count). The molecular weight excluding hydrogens is 318 g/mol. The van der Waals surface area contributed by atoms with Gasteiger partial charge in [0.15, 0.2) is 0 Å². The highest BCUT2D eigenvalue weighted by Gasteiger charge is 2.26. The van der Waals surface area contributed by atoms with Crippen LogP contribution in [0.4, 0.5) is 0 Å². The molecule has 4 nitrogen and oxygen atoms in total. The molecule has 6 heteroatoms. The quantitative estimate of drug-likeness (QED) is 0.803. The van der Waals surface area contributed by atoms with Crippen LogP contribution in [0.1, 0.15) is 12.0 Å². The van der Waals surface area contributed by atoms with Gasteiger partial charge in [-0.3, -0.25) is 4.79 Å². The first-order valence-electron chi connectivity index (χ1n) is 7.23. The van der Waals surface area contributed by atoms with Gasteiger partial charge in [0.2, 0.25) is 5.91 Å².